The van der Waals surface area contributed by atoms with Crippen LogP contribution in [0.4, 0.5) is 4.79 Å². The number of alkyl carbamates (subject to hydrolysis) is 1. The van der Waals surface area contributed by atoms with Gasteiger partial charge in [0.1, 0.15) is 17.7 Å². The molecule has 7 heteroatoms. The van der Waals surface area contributed by atoms with Gasteiger partial charge in [-0.25, -0.2) is 4.79 Å². The summed E-state index contributed by atoms with van der Waals surface area (Å²) >= 11 is 0. The van der Waals surface area contributed by atoms with Crippen molar-refractivity contribution in [3.8, 4) is 12.3 Å². The number of hydrogen-bond donors (Lipinski definition) is 2. The summed E-state index contributed by atoms with van der Waals surface area (Å²) in [5.74, 6) is 1.66. The Labute approximate surface area is 221 Å². The van der Waals surface area contributed by atoms with E-state index < -0.39 is 23.8 Å². The van der Waals surface area contributed by atoms with Crippen LogP contribution in [0.5, 0.6) is 0 Å². The van der Waals surface area contributed by atoms with Gasteiger partial charge in [0.15, 0.2) is 0 Å². The van der Waals surface area contributed by atoms with Crippen LogP contribution >= 0.6 is 0 Å². The second-order valence-electron chi connectivity index (χ2n) is 10.3. The molecule has 3 amide bonds. The van der Waals surface area contributed by atoms with Crippen molar-refractivity contribution >= 4 is 17.9 Å². The van der Waals surface area contributed by atoms with Crippen molar-refractivity contribution in [3.63, 3.8) is 0 Å². The second-order valence-corrected chi connectivity index (χ2v) is 10.3. The van der Waals surface area contributed by atoms with E-state index in [1.807, 2.05) is 51.1 Å². The molecule has 2 unspecified atom stereocenters. The lowest BCUT2D eigenvalue weighted by Gasteiger charge is -2.35. The first-order chi connectivity index (χ1) is 17.5. The van der Waals surface area contributed by atoms with Gasteiger partial charge in [-0.05, 0) is 56.4 Å². The topological polar surface area (TPSA) is 87.7 Å². The van der Waals surface area contributed by atoms with Crippen LogP contribution in [-0.4, -0.2) is 41.0 Å². The van der Waals surface area contributed by atoms with E-state index in [1.54, 1.807) is 45.0 Å². The molecule has 0 bridgehead atoms. The Bertz CT molecular complexity index is 1080. The molecule has 0 aliphatic rings. The minimum atomic E-state index is -0.912. The van der Waals surface area contributed by atoms with E-state index in [0.29, 0.717) is 30.6 Å². The van der Waals surface area contributed by atoms with Gasteiger partial charge in [0.25, 0.3) is 0 Å². The molecule has 2 aromatic rings. The molecule has 0 spiro atoms. The van der Waals surface area contributed by atoms with Crippen LogP contribution in [0.3, 0.4) is 0 Å². The molecule has 0 saturated carbocycles. The third kappa shape index (κ3) is 8.98. The van der Waals surface area contributed by atoms with Crippen molar-refractivity contribution in [1.29, 1.82) is 0 Å². The first kappa shape index (κ1) is 29.4. The molecule has 0 aromatic heterocycles. The predicted octanol–water partition coefficient (Wildman–Crippen LogP) is 4.81. The van der Waals surface area contributed by atoms with Gasteiger partial charge >= 0.3 is 6.09 Å². The fraction of sp³-hybridized carbons (Fsp3) is 0.433. The molecule has 0 aliphatic heterocycles. The Morgan fingerprint density at radius 1 is 1.03 bits per heavy atom. The molecule has 0 fully saturated rings. The zero-order valence-electron chi connectivity index (χ0n) is 22.7. The number of hydrogen-bond acceptors (Lipinski definition) is 4. The number of carbonyl (C=O) groups excluding carboxylic acids is 3. The minimum Gasteiger partial charge on any atom is -0.444 e. The lowest BCUT2D eigenvalue weighted by atomic mass is 9.98. The maximum atomic E-state index is 13.9. The highest BCUT2D eigenvalue weighted by Crippen LogP contribution is 2.25. The lowest BCUT2D eigenvalue weighted by molar-refractivity contribution is -0.143. The summed E-state index contributed by atoms with van der Waals surface area (Å²) in [5, 5.41) is 5.70. The fourth-order valence-corrected chi connectivity index (χ4v) is 3.85. The average Bonchev–Trinajstić information content (AvgIpc) is 2.85. The van der Waals surface area contributed by atoms with Crippen molar-refractivity contribution in [2.24, 2.45) is 5.92 Å². The van der Waals surface area contributed by atoms with Gasteiger partial charge in [0.2, 0.25) is 11.8 Å². The molecule has 2 aromatic carbocycles. The zero-order valence-corrected chi connectivity index (χ0v) is 22.7. The third-order valence-electron chi connectivity index (χ3n) is 5.62. The van der Waals surface area contributed by atoms with Crippen LogP contribution in [0.25, 0.3) is 0 Å². The molecule has 2 rings (SSSR count). The summed E-state index contributed by atoms with van der Waals surface area (Å²) in [6, 6.07) is 14.8. The highest BCUT2D eigenvalue weighted by molar-refractivity contribution is 5.92. The van der Waals surface area contributed by atoms with E-state index >= 15 is 0 Å². The highest BCUT2D eigenvalue weighted by Gasteiger charge is 2.37. The lowest BCUT2D eigenvalue weighted by Crippen LogP contribution is -2.55. The molecule has 198 valence electrons. The zero-order chi connectivity index (χ0) is 27.6. The van der Waals surface area contributed by atoms with Crippen LogP contribution in [0.2, 0.25) is 0 Å². The summed E-state index contributed by atoms with van der Waals surface area (Å²) in [4.78, 5) is 41.7. The van der Waals surface area contributed by atoms with Crippen molar-refractivity contribution in [1.82, 2.24) is 15.5 Å². The molecule has 2 atom stereocenters. The normalized spacial score (nSPS) is 12.7. The number of ether oxygens (including phenoxy) is 1. The van der Waals surface area contributed by atoms with E-state index in [1.165, 1.54) is 4.90 Å². The van der Waals surface area contributed by atoms with Crippen molar-refractivity contribution in [2.75, 3.05) is 6.54 Å². The molecule has 7 nitrogen and oxygen atoms in total. The number of rotatable bonds is 10. The van der Waals surface area contributed by atoms with E-state index in [-0.39, 0.29) is 17.7 Å². The Morgan fingerprint density at radius 2 is 1.65 bits per heavy atom. The average molecular weight is 506 g/mol. The number of benzene rings is 2. The Kier molecular flexibility index (Phi) is 10.7. The number of nitrogens with zero attached hydrogens (tertiary/aromatic N) is 1. The number of carbonyl (C=O) groups is 3. The fourth-order valence-electron chi connectivity index (χ4n) is 3.85. The number of nitrogens with one attached hydrogen (secondary N) is 2. The third-order valence-corrected chi connectivity index (χ3v) is 5.62. The van der Waals surface area contributed by atoms with E-state index in [4.69, 9.17) is 11.2 Å². The van der Waals surface area contributed by atoms with E-state index in [9.17, 15) is 14.4 Å². The summed E-state index contributed by atoms with van der Waals surface area (Å²) in [6.07, 6.45) is 5.46. The maximum absolute atomic E-state index is 13.9. The molecule has 2 N–H and O–H groups in total. The summed E-state index contributed by atoms with van der Waals surface area (Å²) in [6.45, 7) is 11.5. The van der Waals surface area contributed by atoms with Crippen LogP contribution in [-0.2, 0) is 20.9 Å². The van der Waals surface area contributed by atoms with Crippen LogP contribution < -0.4 is 10.6 Å². The van der Waals surface area contributed by atoms with Gasteiger partial charge in [-0.15, -0.1) is 6.42 Å². The molecule has 0 aliphatic carbocycles. The smallest absolute Gasteiger partial charge is 0.408 e. The van der Waals surface area contributed by atoms with Gasteiger partial charge in [-0.2, -0.15) is 0 Å². The van der Waals surface area contributed by atoms with Crippen LogP contribution in [0.1, 0.15) is 70.7 Å². The first-order valence-electron chi connectivity index (χ1n) is 12.6. The van der Waals surface area contributed by atoms with Gasteiger partial charge in [-0.1, -0.05) is 69.2 Å². The molecule has 37 heavy (non-hydrogen) atoms. The van der Waals surface area contributed by atoms with Gasteiger partial charge in [0.05, 0.1) is 0 Å². The Balaban J connectivity index is 2.42. The summed E-state index contributed by atoms with van der Waals surface area (Å²) < 4.78 is 5.40. The standard InChI is InChI=1S/C30H39N3O4/c1-8-19-33(28(35)25(21(3)4)32-29(36)37-30(5,6)7)26(24-17-15-22(9-2)16-18-24)27(34)31-20-23-13-11-10-12-14-23/h2,10-18,21,25-26H,8,19-20H2,1,3-7H3,(H,31,34)(H,32,36). The van der Waals surface area contributed by atoms with Crippen LogP contribution in [0, 0.1) is 18.3 Å². The van der Waals surface area contributed by atoms with E-state index in [2.05, 4.69) is 16.6 Å². The monoisotopic (exact) mass is 505 g/mol. The molecular weight excluding hydrogens is 466 g/mol. The Hall–Kier alpha value is -3.79. The van der Waals surface area contributed by atoms with Gasteiger partial charge in [-0.3, -0.25) is 9.59 Å². The predicted molar refractivity (Wildman–Crippen MR) is 145 cm³/mol. The van der Waals surface area contributed by atoms with Crippen molar-refractivity contribution < 1.29 is 19.1 Å². The van der Waals surface area contributed by atoms with Gasteiger partial charge in [0, 0.05) is 18.7 Å². The van der Waals surface area contributed by atoms with Gasteiger partial charge < -0.3 is 20.3 Å². The van der Waals surface area contributed by atoms with Crippen molar-refractivity contribution in [2.45, 2.75) is 72.2 Å². The van der Waals surface area contributed by atoms with Crippen LogP contribution in [0.15, 0.2) is 54.6 Å². The number of terminal acetylenes is 1. The second kappa shape index (κ2) is 13.5. The first-order valence-corrected chi connectivity index (χ1v) is 12.6. The SMILES string of the molecule is C#Cc1ccc(C(C(=O)NCc2ccccc2)N(CCC)C(=O)C(NC(=O)OC(C)(C)C)C(C)C)cc1. The summed E-state index contributed by atoms with van der Waals surface area (Å²) in [5.41, 5.74) is 1.53. The largest absolute Gasteiger partial charge is 0.444 e. The Morgan fingerprint density at radius 3 is 2.16 bits per heavy atom. The maximum Gasteiger partial charge on any atom is 0.408 e. The quantitative estimate of drug-likeness (QED) is 0.454. The number of amides is 3. The molecule has 0 saturated heterocycles. The highest BCUT2D eigenvalue weighted by atomic mass is 16.6. The van der Waals surface area contributed by atoms with Crippen molar-refractivity contribution in [3.05, 3.63) is 71.3 Å². The molecule has 0 radical (unpaired) electrons. The summed E-state index contributed by atoms with van der Waals surface area (Å²) in [7, 11) is 0. The molecular formula is C30H39N3O4. The minimum absolute atomic E-state index is 0.240. The molecule has 0 heterocycles. The van der Waals surface area contributed by atoms with E-state index in [0.717, 1.165) is 5.56 Å².